The summed E-state index contributed by atoms with van der Waals surface area (Å²) >= 11 is 0. The molecule has 0 radical (unpaired) electrons. The molecule has 0 aliphatic heterocycles. The molecule has 0 fully saturated rings. The summed E-state index contributed by atoms with van der Waals surface area (Å²) in [7, 11) is 0. The first-order chi connectivity index (χ1) is 12.8. The maximum Gasteiger partial charge on any atom is 0.313 e. The first kappa shape index (κ1) is 20.0. The Balaban J connectivity index is 2.04. The number of ether oxygens (including phenoxy) is 1. The van der Waals surface area contributed by atoms with Gasteiger partial charge in [0.05, 0.1) is 12.6 Å². The smallest absolute Gasteiger partial charge is 0.313 e. The Morgan fingerprint density at radius 3 is 2.33 bits per heavy atom. The highest BCUT2D eigenvalue weighted by Crippen LogP contribution is 2.26. The van der Waals surface area contributed by atoms with Crippen LogP contribution < -0.4 is 21.1 Å². The van der Waals surface area contributed by atoms with Crippen molar-refractivity contribution >= 4 is 23.4 Å². The summed E-state index contributed by atoms with van der Waals surface area (Å²) in [6.45, 7) is 6.10. The molecule has 4 N–H and O–H groups in total. The number of hydrogen-bond donors (Lipinski definition) is 3. The number of hydrogen-bond acceptors (Lipinski definition) is 4. The molecular formula is C20H23N3O4. The van der Waals surface area contributed by atoms with Gasteiger partial charge >= 0.3 is 11.8 Å². The van der Waals surface area contributed by atoms with Crippen LogP contribution in [0, 0.1) is 6.92 Å². The lowest BCUT2D eigenvalue weighted by atomic mass is 10.0. The molecule has 2 aromatic carbocycles. The van der Waals surface area contributed by atoms with Crippen molar-refractivity contribution in [2.75, 3.05) is 11.9 Å². The van der Waals surface area contributed by atoms with E-state index in [4.69, 9.17) is 10.5 Å². The maximum atomic E-state index is 12.2. The van der Waals surface area contributed by atoms with E-state index in [0.717, 1.165) is 11.1 Å². The third-order valence-corrected chi connectivity index (χ3v) is 3.91. The zero-order valence-corrected chi connectivity index (χ0v) is 15.5. The Bertz CT molecular complexity index is 847. The SMILES string of the molecule is CCOc1ccc(C)cc1C(C)NC(=O)C(=O)Nc1ccc(C(N)=O)cc1. The van der Waals surface area contributed by atoms with Crippen molar-refractivity contribution in [2.24, 2.45) is 5.73 Å². The van der Waals surface area contributed by atoms with E-state index in [1.807, 2.05) is 32.0 Å². The van der Waals surface area contributed by atoms with Gasteiger partial charge in [-0.15, -0.1) is 0 Å². The lowest BCUT2D eigenvalue weighted by molar-refractivity contribution is -0.136. The highest BCUT2D eigenvalue weighted by molar-refractivity contribution is 6.39. The van der Waals surface area contributed by atoms with Crippen LogP contribution in [0.2, 0.25) is 0 Å². The van der Waals surface area contributed by atoms with Crippen LogP contribution in [0.5, 0.6) is 5.75 Å². The van der Waals surface area contributed by atoms with Crippen LogP contribution in [-0.4, -0.2) is 24.3 Å². The Kier molecular flexibility index (Phi) is 6.54. The van der Waals surface area contributed by atoms with Gasteiger partial charge in [0.15, 0.2) is 0 Å². The number of aryl methyl sites for hydroxylation is 1. The van der Waals surface area contributed by atoms with Crippen LogP contribution in [-0.2, 0) is 9.59 Å². The second-order valence-electron chi connectivity index (χ2n) is 6.07. The quantitative estimate of drug-likeness (QED) is 0.679. The number of benzene rings is 2. The maximum absolute atomic E-state index is 12.2. The molecule has 0 saturated carbocycles. The van der Waals surface area contributed by atoms with Crippen molar-refractivity contribution in [3.05, 3.63) is 59.2 Å². The fourth-order valence-electron chi connectivity index (χ4n) is 2.54. The van der Waals surface area contributed by atoms with Gasteiger partial charge in [-0.05, 0) is 51.1 Å². The number of carbonyl (C=O) groups excluding carboxylic acids is 3. The van der Waals surface area contributed by atoms with Gasteiger partial charge in [-0.3, -0.25) is 14.4 Å². The van der Waals surface area contributed by atoms with E-state index in [1.165, 1.54) is 24.3 Å². The van der Waals surface area contributed by atoms with Gasteiger partial charge < -0.3 is 21.1 Å². The minimum atomic E-state index is -0.806. The number of amides is 3. The van der Waals surface area contributed by atoms with Crippen LogP contribution in [0.4, 0.5) is 5.69 Å². The Labute approximate surface area is 157 Å². The monoisotopic (exact) mass is 369 g/mol. The molecule has 142 valence electrons. The molecule has 2 aromatic rings. The van der Waals surface area contributed by atoms with E-state index in [2.05, 4.69) is 10.6 Å². The van der Waals surface area contributed by atoms with Crippen molar-refractivity contribution in [2.45, 2.75) is 26.8 Å². The first-order valence-corrected chi connectivity index (χ1v) is 8.57. The summed E-state index contributed by atoms with van der Waals surface area (Å²) in [6.07, 6.45) is 0. The molecule has 0 heterocycles. The summed E-state index contributed by atoms with van der Waals surface area (Å²) in [5.74, 6) is -1.48. The van der Waals surface area contributed by atoms with Gasteiger partial charge in [-0.2, -0.15) is 0 Å². The molecule has 7 heteroatoms. The van der Waals surface area contributed by atoms with Gasteiger partial charge in [-0.1, -0.05) is 17.7 Å². The molecule has 1 atom stereocenters. The molecule has 0 spiro atoms. The molecule has 0 aromatic heterocycles. The third-order valence-electron chi connectivity index (χ3n) is 3.91. The largest absolute Gasteiger partial charge is 0.494 e. The first-order valence-electron chi connectivity index (χ1n) is 8.57. The molecule has 3 amide bonds. The van der Waals surface area contributed by atoms with Gasteiger partial charge in [0.25, 0.3) is 0 Å². The average Bonchev–Trinajstić information content (AvgIpc) is 2.63. The van der Waals surface area contributed by atoms with Gasteiger partial charge in [-0.25, -0.2) is 0 Å². The van der Waals surface area contributed by atoms with Crippen LogP contribution in [0.15, 0.2) is 42.5 Å². The van der Waals surface area contributed by atoms with Gasteiger partial charge in [0, 0.05) is 16.8 Å². The van der Waals surface area contributed by atoms with Crippen molar-refractivity contribution in [3.63, 3.8) is 0 Å². The molecule has 0 bridgehead atoms. The van der Waals surface area contributed by atoms with E-state index in [0.29, 0.717) is 23.6 Å². The Morgan fingerprint density at radius 2 is 1.74 bits per heavy atom. The highest BCUT2D eigenvalue weighted by atomic mass is 16.5. The van der Waals surface area contributed by atoms with E-state index in [-0.39, 0.29) is 0 Å². The fraction of sp³-hybridized carbons (Fsp3) is 0.250. The summed E-state index contributed by atoms with van der Waals surface area (Å²) in [5.41, 5.74) is 7.69. The summed E-state index contributed by atoms with van der Waals surface area (Å²) in [5, 5.41) is 5.15. The zero-order chi connectivity index (χ0) is 20.0. The summed E-state index contributed by atoms with van der Waals surface area (Å²) in [6, 6.07) is 11.2. The van der Waals surface area contributed by atoms with E-state index >= 15 is 0 Å². The standard InChI is InChI=1S/C20H23N3O4/c1-4-27-17-10-5-12(2)11-16(17)13(3)22-19(25)20(26)23-15-8-6-14(7-9-15)18(21)24/h5-11,13H,4H2,1-3H3,(H2,21,24)(H,22,25)(H,23,26). The predicted molar refractivity (Wildman–Crippen MR) is 102 cm³/mol. The lowest BCUT2D eigenvalue weighted by Crippen LogP contribution is -2.37. The second kappa shape index (κ2) is 8.84. The number of carbonyl (C=O) groups is 3. The topological polar surface area (TPSA) is 111 Å². The van der Waals surface area contributed by atoms with E-state index < -0.39 is 23.8 Å². The number of rotatable bonds is 6. The summed E-state index contributed by atoms with van der Waals surface area (Å²) < 4.78 is 5.59. The van der Waals surface area contributed by atoms with E-state index in [9.17, 15) is 14.4 Å². The fourth-order valence-corrected chi connectivity index (χ4v) is 2.54. The van der Waals surface area contributed by atoms with Gasteiger partial charge in [0.2, 0.25) is 5.91 Å². The molecule has 0 aliphatic carbocycles. The van der Waals surface area contributed by atoms with Crippen LogP contribution in [0.1, 0.15) is 41.4 Å². The minimum Gasteiger partial charge on any atom is -0.494 e. The van der Waals surface area contributed by atoms with Gasteiger partial charge in [0.1, 0.15) is 5.75 Å². The number of nitrogens with two attached hydrogens (primary N) is 1. The average molecular weight is 369 g/mol. The molecule has 1 unspecified atom stereocenters. The lowest BCUT2D eigenvalue weighted by Gasteiger charge is -2.18. The van der Waals surface area contributed by atoms with Crippen molar-refractivity contribution in [1.82, 2.24) is 5.32 Å². The zero-order valence-electron chi connectivity index (χ0n) is 15.5. The normalized spacial score (nSPS) is 11.4. The highest BCUT2D eigenvalue weighted by Gasteiger charge is 2.19. The van der Waals surface area contributed by atoms with Crippen molar-refractivity contribution in [3.8, 4) is 5.75 Å². The van der Waals surface area contributed by atoms with Crippen LogP contribution in [0.3, 0.4) is 0 Å². The summed E-state index contributed by atoms with van der Waals surface area (Å²) in [4.78, 5) is 35.4. The Hall–Kier alpha value is -3.35. The molecule has 0 aliphatic rings. The molecule has 27 heavy (non-hydrogen) atoms. The molecule has 2 rings (SSSR count). The van der Waals surface area contributed by atoms with Crippen LogP contribution >= 0.6 is 0 Å². The Morgan fingerprint density at radius 1 is 1.07 bits per heavy atom. The number of primary amides is 1. The minimum absolute atomic E-state index is 0.314. The number of anilines is 1. The predicted octanol–water partition coefficient (Wildman–Crippen LogP) is 2.31. The molecule has 7 nitrogen and oxygen atoms in total. The van der Waals surface area contributed by atoms with Crippen LogP contribution in [0.25, 0.3) is 0 Å². The van der Waals surface area contributed by atoms with E-state index in [1.54, 1.807) is 6.92 Å². The molecule has 0 saturated heterocycles. The van der Waals surface area contributed by atoms with Crippen molar-refractivity contribution < 1.29 is 19.1 Å². The molecular weight excluding hydrogens is 346 g/mol. The second-order valence-corrected chi connectivity index (χ2v) is 6.07. The number of nitrogens with one attached hydrogen (secondary N) is 2. The third kappa shape index (κ3) is 5.31. The van der Waals surface area contributed by atoms with Crippen molar-refractivity contribution in [1.29, 1.82) is 0 Å².